The minimum Gasteiger partial charge on any atom is -0.496 e. The molecular weight excluding hydrogens is 432 g/mol. The molecule has 2 heterocycles. The molecule has 1 atom stereocenters. The quantitative estimate of drug-likeness (QED) is 0.439. The highest BCUT2D eigenvalue weighted by atomic mass is 32.1. The Morgan fingerprint density at radius 1 is 1.31 bits per heavy atom. The number of hydrogen-bond donors (Lipinski definition) is 2. The van der Waals surface area contributed by atoms with Gasteiger partial charge in [-0.2, -0.15) is 0 Å². The second-order valence-corrected chi connectivity index (χ2v) is 8.77. The van der Waals surface area contributed by atoms with Crippen molar-refractivity contribution in [3.8, 4) is 5.75 Å². The maximum absolute atomic E-state index is 12.7. The number of nitro benzene ring substituents is 1. The van der Waals surface area contributed by atoms with E-state index in [0.29, 0.717) is 38.2 Å². The number of nitrogens with one attached hydrogen (secondary N) is 2. The molecule has 1 unspecified atom stereocenters. The number of likely N-dealkylation sites (tertiary alicyclic amines) is 1. The Labute approximate surface area is 190 Å². The number of hydrogen-bond acceptors (Lipinski definition) is 7. The van der Waals surface area contributed by atoms with Crippen LogP contribution in [0.4, 0.5) is 11.4 Å². The van der Waals surface area contributed by atoms with Crippen molar-refractivity contribution < 1.29 is 19.2 Å². The summed E-state index contributed by atoms with van der Waals surface area (Å²) in [7, 11) is 1.42. The Bertz CT molecular complexity index is 942. The van der Waals surface area contributed by atoms with E-state index in [1.165, 1.54) is 24.1 Å². The summed E-state index contributed by atoms with van der Waals surface area (Å²) in [5.41, 5.74) is -0.0875. The fourth-order valence-electron chi connectivity index (χ4n) is 3.76. The molecule has 32 heavy (non-hydrogen) atoms. The first-order valence-electron chi connectivity index (χ1n) is 10.6. The number of thiophene rings is 1. The molecule has 0 saturated carbocycles. The van der Waals surface area contributed by atoms with Gasteiger partial charge in [0.15, 0.2) is 0 Å². The third kappa shape index (κ3) is 6.04. The lowest BCUT2D eigenvalue weighted by Crippen LogP contribution is -2.48. The predicted octanol–water partition coefficient (Wildman–Crippen LogP) is 3.06. The highest BCUT2D eigenvalue weighted by molar-refractivity contribution is 7.09. The van der Waals surface area contributed by atoms with Crippen molar-refractivity contribution in [1.29, 1.82) is 0 Å². The molecule has 0 bridgehead atoms. The molecule has 1 aliphatic heterocycles. The lowest BCUT2D eigenvalue weighted by molar-refractivity contribution is -0.384. The SMILES string of the molecule is COc1ccc(NC(=O)C(C)N2CCC(C(=O)NCCc3cccs3)CC2)c([N+](=O)[O-])c1. The normalized spacial score (nSPS) is 15.7. The summed E-state index contributed by atoms with van der Waals surface area (Å²) in [6.45, 7) is 3.62. The van der Waals surface area contributed by atoms with Crippen LogP contribution >= 0.6 is 11.3 Å². The third-order valence-corrected chi connectivity index (χ3v) is 6.67. The van der Waals surface area contributed by atoms with Gasteiger partial charge in [-0.25, -0.2) is 0 Å². The zero-order chi connectivity index (χ0) is 23.1. The number of carbonyl (C=O) groups is 2. The second-order valence-electron chi connectivity index (χ2n) is 7.74. The first kappa shape index (κ1) is 23.7. The van der Waals surface area contributed by atoms with E-state index >= 15 is 0 Å². The fraction of sp³-hybridized carbons (Fsp3) is 0.455. The Morgan fingerprint density at radius 2 is 2.06 bits per heavy atom. The van der Waals surface area contributed by atoms with Crippen molar-refractivity contribution in [2.45, 2.75) is 32.2 Å². The first-order valence-corrected chi connectivity index (χ1v) is 11.4. The largest absolute Gasteiger partial charge is 0.496 e. The molecule has 1 aromatic carbocycles. The van der Waals surface area contributed by atoms with Crippen LogP contribution in [0.25, 0.3) is 0 Å². The molecule has 1 saturated heterocycles. The number of methoxy groups -OCH3 is 1. The maximum Gasteiger partial charge on any atom is 0.296 e. The van der Waals surface area contributed by atoms with E-state index in [4.69, 9.17) is 4.74 Å². The molecular formula is C22H28N4O5S. The average molecular weight is 461 g/mol. The number of nitro groups is 1. The van der Waals surface area contributed by atoms with Gasteiger partial charge in [-0.1, -0.05) is 6.07 Å². The number of rotatable bonds is 9. The molecule has 0 aliphatic carbocycles. The van der Waals surface area contributed by atoms with Gasteiger partial charge in [0, 0.05) is 17.3 Å². The Kier molecular flexibility index (Phi) is 8.18. The summed E-state index contributed by atoms with van der Waals surface area (Å²) < 4.78 is 5.02. The fourth-order valence-corrected chi connectivity index (χ4v) is 4.46. The van der Waals surface area contributed by atoms with Crippen LogP contribution in [0, 0.1) is 16.0 Å². The molecule has 2 N–H and O–H groups in total. The van der Waals surface area contributed by atoms with Gasteiger partial charge >= 0.3 is 0 Å². The van der Waals surface area contributed by atoms with Gasteiger partial charge in [-0.15, -0.1) is 11.3 Å². The standard InChI is InChI=1S/C22H28N4O5S/c1-15(21(27)24-19-6-5-17(31-2)14-20(19)26(29)30)25-11-8-16(9-12-25)22(28)23-10-7-18-4-3-13-32-18/h3-6,13-16H,7-12H2,1-2H3,(H,23,28)(H,24,27). The van der Waals surface area contributed by atoms with Gasteiger partial charge in [0.2, 0.25) is 11.8 Å². The monoisotopic (exact) mass is 460 g/mol. The lowest BCUT2D eigenvalue weighted by atomic mass is 9.95. The van der Waals surface area contributed by atoms with Crippen molar-refractivity contribution in [1.82, 2.24) is 10.2 Å². The summed E-state index contributed by atoms with van der Waals surface area (Å²) in [5.74, 6) is 0.0234. The summed E-state index contributed by atoms with van der Waals surface area (Å²) in [5, 5.41) is 19.0. The number of benzene rings is 1. The Balaban J connectivity index is 1.48. The molecule has 10 heteroatoms. The van der Waals surface area contributed by atoms with Crippen LogP contribution in [0.15, 0.2) is 35.7 Å². The van der Waals surface area contributed by atoms with Gasteiger partial charge in [0.25, 0.3) is 5.69 Å². The number of ether oxygens (including phenoxy) is 1. The van der Waals surface area contributed by atoms with E-state index in [2.05, 4.69) is 16.7 Å². The number of anilines is 1. The molecule has 1 fully saturated rings. The van der Waals surface area contributed by atoms with E-state index in [1.807, 2.05) is 16.3 Å². The Morgan fingerprint density at radius 3 is 2.69 bits per heavy atom. The summed E-state index contributed by atoms with van der Waals surface area (Å²) in [6.07, 6.45) is 2.17. The van der Waals surface area contributed by atoms with Crippen LogP contribution in [0.2, 0.25) is 0 Å². The van der Waals surface area contributed by atoms with Crippen molar-refractivity contribution in [3.05, 3.63) is 50.7 Å². The molecule has 0 spiro atoms. The zero-order valence-electron chi connectivity index (χ0n) is 18.2. The number of amides is 2. The minimum absolute atomic E-state index is 0.0622. The zero-order valence-corrected chi connectivity index (χ0v) is 19.0. The molecule has 2 amide bonds. The van der Waals surface area contributed by atoms with Gasteiger partial charge < -0.3 is 15.4 Å². The highest BCUT2D eigenvalue weighted by Crippen LogP contribution is 2.29. The van der Waals surface area contributed by atoms with Crippen molar-refractivity contribution >= 4 is 34.5 Å². The predicted molar refractivity (Wildman–Crippen MR) is 123 cm³/mol. The molecule has 3 rings (SSSR count). The summed E-state index contributed by atoms with van der Waals surface area (Å²) >= 11 is 1.68. The van der Waals surface area contributed by atoms with Crippen molar-refractivity contribution in [2.75, 3.05) is 32.1 Å². The van der Waals surface area contributed by atoms with Crippen LogP contribution in [0.3, 0.4) is 0 Å². The number of piperidine rings is 1. The maximum atomic E-state index is 12.7. The van der Waals surface area contributed by atoms with E-state index in [1.54, 1.807) is 24.3 Å². The van der Waals surface area contributed by atoms with Crippen LogP contribution in [0.1, 0.15) is 24.6 Å². The minimum atomic E-state index is -0.550. The smallest absolute Gasteiger partial charge is 0.296 e. The van der Waals surface area contributed by atoms with Crippen LogP contribution in [-0.4, -0.2) is 54.4 Å². The highest BCUT2D eigenvalue weighted by Gasteiger charge is 2.30. The van der Waals surface area contributed by atoms with Gasteiger partial charge in [0.1, 0.15) is 11.4 Å². The molecule has 172 valence electrons. The number of nitrogens with zero attached hydrogens (tertiary/aromatic N) is 2. The molecule has 9 nitrogen and oxygen atoms in total. The summed E-state index contributed by atoms with van der Waals surface area (Å²) in [4.78, 5) is 39.2. The molecule has 1 aliphatic rings. The van der Waals surface area contributed by atoms with Gasteiger partial charge in [0.05, 0.1) is 24.1 Å². The average Bonchev–Trinajstić information content (AvgIpc) is 3.32. The van der Waals surface area contributed by atoms with Crippen LogP contribution in [0.5, 0.6) is 5.75 Å². The molecule has 1 aromatic heterocycles. The van der Waals surface area contributed by atoms with Gasteiger partial charge in [-0.05, 0) is 62.9 Å². The van der Waals surface area contributed by atoms with Crippen LogP contribution < -0.4 is 15.4 Å². The lowest BCUT2D eigenvalue weighted by Gasteiger charge is -2.34. The molecule has 2 aromatic rings. The van der Waals surface area contributed by atoms with Gasteiger partial charge in [-0.3, -0.25) is 24.6 Å². The number of carbonyl (C=O) groups excluding carboxylic acids is 2. The van der Waals surface area contributed by atoms with E-state index in [9.17, 15) is 19.7 Å². The second kappa shape index (κ2) is 11.1. The van der Waals surface area contributed by atoms with E-state index in [-0.39, 0.29) is 29.1 Å². The van der Waals surface area contributed by atoms with Crippen molar-refractivity contribution in [3.63, 3.8) is 0 Å². The Hall–Kier alpha value is -2.98. The summed E-state index contributed by atoms with van der Waals surface area (Å²) in [6, 6.07) is 7.90. The third-order valence-electron chi connectivity index (χ3n) is 5.74. The van der Waals surface area contributed by atoms with Crippen molar-refractivity contribution in [2.24, 2.45) is 5.92 Å². The van der Waals surface area contributed by atoms with E-state index in [0.717, 1.165) is 6.42 Å². The molecule has 0 radical (unpaired) electrons. The van der Waals surface area contributed by atoms with E-state index < -0.39 is 11.0 Å². The van der Waals surface area contributed by atoms with Crippen LogP contribution in [-0.2, 0) is 16.0 Å². The topological polar surface area (TPSA) is 114 Å². The first-order chi connectivity index (χ1) is 15.4.